The molecule has 0 aliphatic rings. The molecule has 21 heavy (non-hydrogen) atoms. The first-order chi connectivity index (χ1) is 9.99. The standard InChI is InChI=1S/C16H15F3O2/c17-16(18,19)14-5-1-13(2-6-14)11-21-15-7-3-12(4-8-15)9-10-20/h1-8,20H,9-11H2. The Bertz CT molecular complexity index is 560. The van der Waals surface area contributed by atoms with Crippen molar-refractivity contribution in [2.75, 3.05) is 6.61 Å². The van der Waals surface area contributed by atoms with Crippen LogP contribution in [-0.2, 0) is 19.2 Å². The molecule has 0 amide bonds. The molecule has 112 valence electrons. The number of hydrogen-bond donors (Lipinski definition) is 1. The molecule has 0 spiro atoms. The van der Waals surface area contributed by atoms with Crippen molar-refractivity contribution in [1.82, 2.24) is 0 Å². The van der Waals surface area contributed by atoms with Crippen molar-refractivity contribution in [3.8, 4) is 5.75 Å². The normalized spacial score (nSPS) is 11.4. The molecule has 0 bridgehead atoms. The minimum absolute atomic E-state index is 0.0890. The summed E-state index contributed by atoms with van der Waals surface area (Å²) in [4.78, 5) is 0. The fourth-order valence-electron chi connectivity index (χ4n) is 1.84. The summed E-state index contributed by atoms with van der Waals surface area (Å²) in [5, 5.41) is 8.81. The molecule has 5 heteroatoms. The van der Waals surface area contributed by atoms with Gasteiger partial charge in [0, 0.05) is 6.61 Å². The summed E-state index contributed by atoms with van der Waals surface area (Å²) < 4.78 is 42.8. The van der Waals surface area contributed by atoms with E-state index in [1.165, 1.54) is 12.1 Å². The van der Waals surface area contributed by atoms with Crippen LogP contribution < -0.4 is 4.74 Å². The molecule has 0 fully saturated rings. The van der Waals surface area contributed by atoms with Gasteiger partial charge in [0.2, 0.25) is 0 Å². The maximum atomic E-state index is 12.4. The number of aliphatic hydroxyl groups is 1. The van der Waals surface area contributed by atoms with Gasteiger partial charge in [-0.1, -0.05) is 24.3 Å². The van der Waals surface area contributed by atoms with E-state index in [1.807, 2.05) is 12.1 Å². The second kappa shape index (κ2) is 6.63. The van der Waals surface area contributed by atoms with Crippen LogP contribution in [0.4, 0.5) is 13.2 Å². The first-order valence-corrected chi connectivity index (χ1v) is 6.48. The molecule has 2 aromatic rings. The van der Waals surface area contributed by atoms with Gasteiger partial charge in [-0.2, -0.15) is 13.2 Å². The van der Waals surface area contributed by atoms with E-state index in [9.17, 15) is 13.2 Å². The third kappa shape index (κ3) is 4.49. The van der Waals surface area contributed by atoms with Crippen molar-refractivity contribution in [3.63, 3.8) is 0 Å². The lowest BCUT2D eigenvalue weighted by molar-refractivity contribution is -0.137. The summed E-state index contributed by atoms with van der Waals surface area (Å²) >= 11 is 0. The van der Waals surface area contributed by atoms with Gasteiger partial charge < -0.3 is 9.84 Å². The second-order valence-corrected chi connectivity index (χ2v) is 4.60. The van der Waals surface area contributed by atoms with Gasteiger partial charge in [0.1, 0.15) is 12.4 Å². The van der Waals surface area contributed by atoms with Gasteiger partial charge in [0.25, 0.3) is 0 Å². The van der Waals surface area contributed by atoms with Crippen LogP contribution in [0.2, 0.25) is 0 Å². The fourth-order valence-corrected chi connectivity index (χ4v) is 1.84. The van der Waals surface area contributed by atoms with Crippen LogP contribution in [0.15, 0.2) is 48.5 Å². The SMILES string of the molecule is OCCc1ccc(OCc2ccc(C(F)(F)F)cc2)cc1. The van der Waals surface area contributed by atoms with E-state index in [0.29, 0.717) is 17.7 Å². The highest BCUT2D eigenvalue weighted by molar-refractivity contribution is 5.28. The number of aliphatic hydroxyl groups excluding tert-OH is 1. The van der Waals surface area contributed by atoms with Crippen LogP contribution >= 0.6 is 0 Å². The summed E-state index contributed by atoms with van der Waals surface area (Å²) in [7, 11) is 0. The molecule has 0 aliphatic heterocycles. The zero-order valence-corrected chi connectivity index (χ0v) is 11.2. The Labute approximate surface area is 120 Å². The molecule has 0 aromatic heterocycles. The molecule has 0 atom stereocenters. The third-order valence-corrected chi connectivity index (χ3v) is 3.01. The highest BCUT2D eigenvalue weighted by atomic mass is 19.4. The quantitative estimate of drug-likeness (QED) is 0.909. The Balaban J connectivity index is 1.93. The number of rotatable bonds is 5. The monoisotopic (exact) mass is 296 g/mol. The van der Waals surface area contributed by atoms with Crippen molar-refractivity contribution in [2.24, 2.45) is 0 Å². The van der Waals surface area contributed by atoms with Gasteiger partial charge in [-0.15, -0.1) is 0 Å². The van der Waals surface area contributed by atoms with Gasteiger partial charge in [-0.05, 0) is 41.8 Å². The molecule has 2 nitrogen and oxygen atoms in total. The lowest BCUT2D eigenvalue weighted by atomic mass is 10.1. The molecule has 0 unspecified atom stereocenters. The van der Waals surface area contributed by atoms with E-state index >= 15 is 0 Å². The minimum Gasteiger partial charge on any atom is -0.489 e. The van der Waals surface area contributed by atoms with E-state index in [4.69, 9.17) is 9.84 Å². The Hall–Kier alpha value is -2.01. The highest BCUT2D eigenvalue weighted by Crippen LogP contribution is 2.29. The van der Waals surface area contributed by atoms with Crippen LogP contribution in [0.25, 0.3) is 0 Å². The summed E-state index contributed by atoms with van der Waals surface area (Å²) in [6.45, 7) is 0.295. The largest absolute Gasteiger partial charge is 0.489 e. The molecule has 0 aliphatic carbocycles. The molecule has 2 rings (SSSR count). The number of ether oxygens (including phenoxy) is 1. The van der Waals surface area contributed by atoms with Crippen LogP contribution in [0, 0.1) is 0 Å². The van der Waals surface area contributed by atoms with Crippen molar-refractivity contribution in [3.05, 3.63) is 65.2 Å². The minimum atomic E-state index is -4.32. The number of alkyl halides is 3. The summed E-state index contributed by atoms with van der Waals surface area (Å²) in [6.07, 6.45) is -3.74. The number of benzene rings is 2. The first kappa shape index (κ1) is 15.4. The van der Waals surface area contributed by atoms with Crippen LogP contribution in [0.5, 0.6) is 5.75 Å². The van der Waals surface area contributed by atoms with Crippen molar-refractivity contribution in [2.45, 2.75) is 19.2 Å². The van der Waals surface area contributed by atoms with Crippen molar-refractivity contribution in [1.29, 1.82) is 0 Å². The van der Waals surface area contributed by atoms with Gasteiger partial charge >= 0.3 is 6.18 Å². The smallest absolute Gasteiger partial charge is 0.416 e. The van der Waals surface area contributed by atoms with E-state index in [0.717, 1.165) is 17.7 Å². The van der Waals surface area contributed by atoms with Crippen molar-refractivity contribution >= 4 is 0 Å². The van der Waals surface area contributed by atoms with Crippen LogP contribution in [0.3, 0.4) is 0 Å². The number of hydrogen-bond acceptors (Lipinski definition) is 2. The predicted octanol–water partition coefficient (Wildman–Crippen LogP) is 3.82. The fraction of sp³-hybridized carbons (Fsp3) is 0.250. The molecular weight excluding hydrogens is 281 g/mol. The molecular formula is C16H15F3O2. The number of halogens is 3. The lowest BCUT2D eigenvalue weighted by Crippen LogP contribution is -2.05. The summed E-state index contributed by atoms with van der Waals surface area (Å²) in [5.74, 6) is 0.636. The topological polar surface area (TPSA) is 29.5 Å². The highest BCUT2D eigenvalue weighted by Gasteiger charge is 2.29. The second-order valence-electron chi connectivity index (χ2n) is 4.60. The Morgan fingerprint density at radius 1 is 0.857 bits per heavy atom. The van der Waals surface area contributed by atoms with E-state index in [1.54, 1.807) is 12.1 Å². The van der Waals surface area contributed by atoms with E-state index in [-0.39, 0.29) is 13.2 Å². The first-order valence-electron chi connectivity index (χ1n) is 6.48. The van der Waals surface area contributed by atoms with E-state index in [2.05, 4.69) is 0 Å². The zero-order valence-electron chi connectivity index (χ0n) is 11.2. The predicted molar refractivity (Wildman–Crippen MR) is 73.0 cm³/mol. The van der Waals surface area contributed by atoms with Crippen LogP contribution in [0.1, 0.15) is 16.7 Å². The lowest BCUT2D eigenvalue weighted by Gasteiger charge is -2.09. The molecule has 0 heterocycles. The van der Waals surface area contributed by atoms with Crippen molar-refractivity contribution < 1.29 is 23.0 Å². The average Bonchev–Trinajstić information content (AvgIpc) is 2.46. The summed E-state index contributed by atoms with van der Waals surface area (Å²) in [5.41, 5.74) is 1.00. The maximum Gasteiger partial charge on any atom is 0.416 e. The Morgan fingerprint density at radius 2 is 1.43 bits per heavy atom. The maximum absolute atomic E-state index is 12.4. The summed E-state index contributed by atoms with van der Waals surface area (Å²) in [6, 6.07) is 12.1. The van der Waals surface area contributed by atoms with Gasteiger partial charge in [-0.25, -0.2) is 0 Å². The molecule has 0 saturated carbocycles. The Kier molecular flexibility index (Phi) is 4.85. The zero-order chi connectivity index (χ0) is 15.3. The molecule has 0 radical (unpaired) electrons. The van der Waals surface area contributed by atoms with Gasteiger partial charge in [0.05, 0.1) is 5.56 Å². The average molecular weight is 296 g/mol. The molecule has 2 aromatic carbocycles. The molecule has 0 saturated heterocycles. The van der Waals surface area contributed by atoms with Gasteiger partial charge in [0.15, 0.2) is 0 Å². The third-order valence-electron chi connectivity index (χ3n) is 3.01. The van der Waals surface area contributed by atoms with Crippen LogP contribution in [-0.4, -0.2) is 11.7 Å². The van der Waals surface area contributed by atoms with E-state index < -0.39 is 11.7 Å². The molecule has 1 N–H and O–H groups in total. The van der Waals surface area contributed by atoms with Gasteiger partial charge in [-0.3, -0.25) is 0 Å². The Morgan fingerprint density at radius 3 is 1.95 bits per heavy atom.